The van der Waals surface area contributed by atoms with E-state index in [1.165, 1.54) is 11.3 Å². The van der Waals surface area contributed by atoms with Crippen LogP contribution in [0.3, 0.4) is 0 Å². The number of hydrogen-bond donors (Lipinski definition) is 1. The average molecular weight is 408 g/mol. The van der Waals surface area contributed by atoms with Crippen LogP contribution in [0.1, 0.15) is 29.0 Å². The van der Waals surface area contributed by atoms with Crippen LogP contribution < -0.4 is 10.1 Å². The summed E-state index contributed by atoms with van der Waals surface area (Å²) in [6, 6.07) is 7.51. The minimum absolute atomic E-state index is 0.0999. The molecule has 2 heterocycles. The van der Waals surface area contributed by atoms with Crippen LogP contribution in [-0.4, -0.2) is 42.0 Å². The topological polar surface area (TPSA) is 88.6 Å². The van der Waals surface area contributed by atoms with Gasteiger partial charge in [0.1, 0.15) is 5.75 Å². The van der Waals surface area contributed by atoms with E-state index in [-0.39, 0.29) is 17.8 Å². The third-order valence-electron chi connectivity index (χ3n) is 4.70. The lowest BCUT2D eigenvalue weighted by molar-refractivity contribution is -0.118. The van der Waals surface area contributed by atoms with Gasteiger partial charge in [-0.3, -0.25) is 10.1 Å². The lowest BCUT2D eigenvalue weighted by atomic mass is 10.2. The van der Waals surface area contributed by atoms with Gasteiger partial charge in [0.2, 0.25) is 10.0 Å². The van der Waals surface area contributed by atoms with E-state index in [0.29, 0.717) is 30.4 Å². The van der Waals surface area contributed by atoms with E-state index >= 15 is 0 Å². The highest BCUT2D eigenvalue weighted by Crippen LogP contribution is 2.35. The molecule has 2 aliphatic rings. The zero-order valence-electron chi connectivity index (χ0n) is 15.0. The molecule has 0 unspecified atom stereocenters. The van der Waals surface area contributed by atoms with Gasteiger partial charge in [-0.1, -0.05) is 18.2 Å². The number of nitrogens with one attached hydrogen (secondary N) is 1. The number of fused-ring (bicyclic) bond motifs is 1. The number of nitrogens with zero attached hydrogens (tertiary/aromatic N) is 2. The van der Waals surface area contributed by atoms with Crippen LogP contribution in [0.4, 0.5) is 5.13 Å². The quantitative estimate of drug-likeness (QED) is 0.794. The first-order valence-corrected chi connectivity index (χ1v) is 11.2. The minimum Gasteiger partial charge on any atom is -0.483 e. The maximum Gasteiger partial charge on any atom is 0.264 e. The van der Waals surface area contributed by atoms with E-state index in [2.05, 4.69) is 10.3 Å². The van der Waals surface area contributed by atoms with Gasteiger partial charge in [0.15, 0.2) is 11.7 Å². The maximum atomic E-state index is 12.4. The standard InChI is InChI=1S/C18H21N3O4S2/c1-12-4-2-3-5-15(12)25-11-17(22)20-18-19-14-8-9-21(10-16(14)26-18)27(23,24)13-6-7-13/h2-5,13H,6-11H2,1H3,(H,19,20,22). The molecule has 144 valence electrons. The van der Waals surface area contributed by atoms with Gasteiger partial charge in [-0.15, -0.1) is 11.3 Å². The van der Waals surface area contributed by atoms with Crippen molar-refractivity contribution in [2.24, 2.45) is 0 Å². The number of para-hydroxylation sites is 1. The van der Waals surface area contributed by atoms with Crippen molar-refractivity contribution in [3.05, 3.63) is 40.4 Å². The normalized spacial score (nSPS) is 17.4. The molecular formula is C18H21N3O4S2. The summed E-state index contributed by atoms with van der Waals surface area (Å²) in [5.74, 6) is 0.388. The molecule has 0 bridgehead atoms. The summed E-state index contributed by atoms with van der Waals surface area (Å²) in [6.45, 7) is 2.63. The lowest BCUT2D eigenvalue weighted by Gasteiger charge is -2.25. The van der Waals surface area contributed by atoms with Crippen molar-refractivity contribution in [2.45, 2.75) is 38.0 Å². The Morgan fingerprint density at radius 3 is 2.89 bits per heavy atom. The van der Waals surface area contributed by atoms with Crippen LogP contribution in [0.5, 0.6) is 5.75 Å². The van der Waals surface area contributed by atoms with Gasteiger partial charge < -0.3 is 4.74 Å². The van der Waals surface area contributed by atoms with Crippen LogP contribution in [0.15, 0.2) is 24.3 Å². The molecule has 1 N–H and O–H groups in total. The summed E-state index contributed by atoms with van der Waals surface area (Å²) >= 11 is 1.34. The molecule has 0 saturated heterocycles. The zero-order valence-corrected chi connectivity index (χ0v) is 16.6. The van der Waals surface area contributed by atoms with E-state index in [1.807, 2.05) is 31.2 Å². The summed E-state index contributed by atoms with van der Waals surface area (Å²) < 4.78 is 31.9. The molecule has 4 rings (SSSR count). The third kappa shape index (κ3) is 3.99. The van der Waals surface area contributed by atoms with Crippen molar-refractivity contribution in [3.8, 4) is 5.75 Å². The van der Waals surface area contributed by atoms with Gasteiger partial charge in [0.25, 0.3) is 5.91 Å². The van der Waals surface area contributed by atoms with Crippen molar-refractivity contribution in [1.29, 1.82) is 0 Å². The first kappa shape index (κ1) is 18.4. The molecule has 0 spiro atoms. The Balaban J connectivity index is 1.37. The molecule has 0 radical (unpaired) electrons. The maximum absolute atomic E-state index is 12.4. The number of aromatic nitrogens is 1. The van der Waals surface area contributed by atoms with E-state index in [1.54, 1.807) is 4.31 Å². The highest BCUT2D eigenvalue weighted by atomic mass is 32.2. The first-order valence-electron chi connectivity index (χ1n) is 8.89. The molecule has 1 saturated carbocycles. The number of aryl methyl sites for hydroxylation is 1. The van der Waals surface area contributed by atoms with Crippen molar-refractivity contribution in [1.82, 2.24) is 9.29 Å². The Bertz CT molecular complexity index is 967. The largest absolute Gasteiger partial charge is 0.483 e. The van der Waals surface area contributed by atoms with E-state index in [4.69, 9.17) is 4.74 Å². The highest BCUT2D eigenvalue weighted by Gasteiger charge is 2.41. The molecule has 1 aromatic heterocycles. The number of ether oxygens (including phenoxy) is 1. The highest BCUT2D eigenvalue weighted by molar-refractivity contribution is 7.90. The molecule has 27 heavy (non-hydrogen) atoms. The Kier molecular flexibility index (Phi) is 4.92. The van der Waals surface area contributed by atoms with Crippen molar-refractivity contribution in [3.63, 3.8) is 0 Å². The van der Waals surface area contributed by atoms with Crippen LogP contribution in [-0.2, 0) is 27.8 Å². The van der Waals surface area contributed by atoms with E-state index < -0.39 is 10.0 Å². The Morgan fingerprint density at radius 2 is 2.15 bits per heavy atom. The lowest BCUT2D eigenvalue weighted by Crippen LogP contribution is -2.37. The Hall–Kier alpha value is -1.97. The molecule has 1 amide bonds. The van der Waals surface area contributed by atoms with Gasteiger partial charge >= 0.3 is 0 Å². The molecule has 9 heteroatoms. The second kappa shape index (κ2) is 7.21. The van der Waals surface area contributed by atoms with Crippen molar-refractivity contribution in [2.75, 3.05) is 18.5 Å². The molecule has 1 aromatic carbocycles. The predicted octanol–water partition coefficient (Wildman–Crippen LogP) is 2.32. The van der Waals surface area contributed by atoms with Gasteiger partial charge in [0, 0.05) is 24.4 Å². The van der Waals surface area contributed by atoms with Crippen molar-refractivity contribution < 1.29 is 17.9 Å². The number of hydrogen-bond acceptors (Lipinski definition) is 6. The fourth-order valence-electron chi connectivity index (χ4n) is 3.04. The number of benzene rings is 1. The number of rotatable bonds is 6. The van der Waals surface area contributed by atoms with Gasteiger partial charge in [-0.05, 0) is 31.4 Å². The summed E-state index contributed by atoms with van der Waals surface area (Å²) in [5.41, 5.74) is 1.84. The molecule has 7 nitrogen and oxygen atoms in total. The third-order valence-corrected chi connectivity index (χ3v) is 8.04. The van der Waals surface area contributed by atoms with Gasteiger partial charge in [0.05, 0.1) is 10.9 Å². The number of thiazole rings is 1. The summed E-state index contributed by atoms with van der Waals surface area (Å²) in [4.78, 5) is 17.5. The van der Waals surface area contributed by atoms with E-state index in [9.17, 15) is 13.2 Å². The van der Waals surface area contributed by atoms with E-state index in [0.717, 1.165) is 29.0 Å². The molecule has 1 aliphatic heterocycles. The van der Waals surface area contributed by atoms with Crippen LogP contribution in [0, 0.1) is 6.92 Å². The Labute approximate surface area is 162 Å². The molecule has 1 fully saturated rings. The molecular weight excluding hydrogens is 386 g/mol. The van der Waals surface area contributed by atoms with Crippen molar-refractivity contribution >= 4 is 32.4 Å². The Morgan fingerprint density at radius 1 is 1.37 bits per heavy atom. The number of amides is 1. The predicted molar refractivity (Wildman–Crippen MR) is 103 cm³/mol. The molecule has 0 atom stereocenters. The average Bonchev–Trinajstić information content (AvgIpc) is 3.42. The smallest absolute Gasteiger partial charge is 0.264 e. The van der Waals surface area contributed by atoms with Crippen LogP contribution in [0.2, 0.25) is 0 Å². The zero-order chi connectivity index (χ0) is 19.0. The number of anilines is 1. The fraction of sp³-hybridized carbons (Fsp3) is 0.444. The monoisotopic (exact) mass is 407 g/mol. The number of carbonyl (C=O) groups excluding carboxylic acids is 1. The van der Waals surface area contributed by atoms with Gasteiger partial charge in [-0.2, -0.15) is 4.31 Å². The summed E-state index contributed by atoms with van der Waals surface area (Å²) in [5, 5.41) is 3.04. The van der Waals surface area contributed by atoms with Gasteiger partial charge in [-0.25, -0.2) is 13.4 Å². The number of carbonyl (C=O) groups is 1. The fourth-order valence-corrected chi connectivity index (χ4v) is 5.97. The molecule has 2 aromatic rings. The first-order chi connectivity index (χ1) is 12.9. The summed E-state index contributed by atoms with van der Waals surface area (Å²) in [6.07, 6.45) is 2.10. The summed E-state index contributed by atoms with van der Waals surface area (Å²) in [7, 11) is -3.18. The minimum atomic E-state index is -3.18. The second-order valence-electron chi connectivity index (χ2n) is 6.82. The SMILES string of the molecule is Cc1ccccc1OCC(=O)Nc1nc2c(s1)CN(S(=O)(=O)C1CC1)CC2. The van der Waals surface area contributed by atoms with Crippen LogP contribution >= 0.6 is 11.3 Å². The molecule has 1 aliphatic carbocycles. The number of sulfonamides is 1. The second-order valence-corrected chi connectivity index (χ2v) is 10.1. The van der Waals surface area contributed by atoms with Crippen LogP contribution in [0.25, 0.3) is 0 Å².